The Morgan fingerprint density at radius 3 is 2.20 bits per heavy atom. The van der Waals surface area contributed by atoms with Gasteiger partial charge in [0.05, 0.1) is 5.69 Å². The van der Waals surface area contributed by atoms with Crippen LogP contribution in [0, 0.1) is 5.41 Å². The highest BCUT2D eigenvalue weighted by atomic mass is 16.4. The minimum Gasteiger partial charge on any atom is -0.465 e. The highest BCUT2D eigenvalue weighted by molar-refractivity contribution is 5.99. The summed E-state index contributed by atoms with van der Waals surface area (Å²) in [5.74, 6) is 0.187. The highest BCUT2D eigenvalue weighted by Gasteiger charge is 2.43. The van der Waals surface area contributed by atoms with Gasteiger partial charge in [-0.05, 0) is 102 Å². The third kappa shape index (κ3) is 6.08. The van der Waals surface area contributed by atoms with Crippen molar-refractivity contribution in [2.24, 2.45) is 5.41 Å². The smallest absolute Gasteiger partial charge is 0.407 e. The number of hydrogen-bond donors (Lipinski definition) is 3. The van der Waals surface area contributed by atoms with E-state index in [9.17, 15) is 19.5 Å². The second kappa shape index (κ2) is 12.1. The topological polar surface area (TPSA) is 163 Å². The lowest BCUT2D eigenvalue weighted by Crippen LogP contribution is -2.56. The first-order valence-corrected chi connectivity index (χ1v) is 15.6. The van der Waals surface area contributed by atoms with Gasteiger partial charge >= 0.3 is 6.09 Å². The number of carboxylic acid groups (broad SMARTS) is 1. The largest absolute Gasteiger partial charge is 0.465 e. The Morgan fingerprint density at radius 2 is 1.58 bits per heavy atom. The number of nitrogens with one attached hydrogen (secondary N) is 1. The first kappa shape index (κ1) is 30.5. The van der Waals surface area contributed by atoms with Crippen LogP contribution >= 0.6 is 0 Å². The van der Waals surface area contributed by atoms with Crippen LogP contribution in [0.15, 0.2) is 42.7 Å². The molecule has 0 aliphatic carbocycles. The van der Waals surface area contributed by atoms with Gasteiger partial charge in [0.1, 0.15) is 6.33 Å². The van der Waals surface area contributed by atoms with E-state index in [1.807, 2.05) is 34.1 Å². The van der Waals surface area contributed by atoms with Gasteiger partial charge in [0.25, 0.3) is 11.8 Å². The predicted molar refractivity (Wildman–Crippen MR) is 167 cm³/mol. The summed E-state index contributed by atoms with van der Waals surface area (Å²) in [5.41, 5.74) is 10.8. The van der Waals surface area contributed by atoms with Crippen LogP contribution in [0.3, 0.4) is 0 Å². The molecule has 2 atom stereocenters. The number of likely N-dealkylation sites (tertiary alicyclic amines) is 1. The van der Waals surface area contributed by atoms with E-state index in [-0.39, 0.29) is 29.3 Å². The second-order valence-corrected chi connectivity index (χ2v) is 13.4. The minimum atomic E-state index is -0.878. The van der Waals surface area contributed by atoms with Crippen molar-refractivity contribution >= 4 is 23.6 Å². The molecule has 7 rings (SSSR count). The minimum absolute atomic E-state index is 0.0337. The van der Waals surface area contributed by atoms with Gasteiger partial charge in [-0.15, -0.1) is 5.10 Å². The fourth-order valence-electron chi connectivity index (χ4n) is 7.10. The maximum atomic E-state index is 12.7. The quantitative estimate of drug-likeness (QED) is 0.376. The molecule has 4 aliphatic heterocycles. The average molecular weight is 616 g/mol. The van der Waals surface area contributed by atoms with Crippen molar-refractivity contribution in [2.45, 2.75) is 77.7 Å². The van der Waals surface area contributed by atoms with Gasteiger partial charge in [-0.25, -0.2) is 9.48 Å². The zero-order valence-electron chi connectivity index (χ0n) is 26.0. The summed E-state index contributed by atoms with van der Waals surface area (Å²) in [6, 6.07) is 11.5. The number of aromatic nitrogens is 4. The van der Waals surface area contributed by atoms with E-state index in [0.717, 1.165) is 53.9 Å². The molecule has 238 valence electrons. The van der Waals surface area contributed by atoms with E-state index in [4.69, 9.17) is 5.73 Å². The lowest BCUT2D eigenvalue weighted by atomic mass is 9.79. The summed E-state index contributed by atoms with van der Waals surface area (Å²) in [6.07, 6.45) is 4.08. The molecule has 2 unspecified atom stereocenters. The second-order valence-electron chi connectivity index (χ2n) is 13.4. The number of nitrogens with two attached hydrogens (primary N) is 1. The lowest BCUT2D eigenvalue weighted by molar-refractivity contribution is 0.0198. The van der Waals surface area contributed by atoms with Gasteiger partial charge < -0.3 is 30.9 Å². The number of fused-ring (bicyclic) bond motifs is 2. The summed E-state index contributed by atoms with van der Waals surface area (Å²) in [6.45, 7) is 9.85. The average Bonchev–Trinajstić information content (AvgIpc) is 3.75. The number of anilines is 1. The van der Waals surface area contributed by atoms with Gasteiger partial charge in [0.15, 0.2) is 0 Å². The maximum absolute atomic E-state index is 12.7. The summed E-state index contributed by atoms with van der Waals surface area (Å²) in [4.78, 5) is 42.3. The molecule has 1 aromatic heterocycles. The Morgan fingerprint density at radius 1 is 0.933 bits per heavy atom. The number of nitrogens with zero attached hydrogens (tertiary/aromatic N) is 7. The molecule has 0 spiro atoms. The summed E-state index contributed by atoms with van der Waals surface area (Å²) in [7, 11) is 0. The first-order chi connectivity index (χ1) is 21.5. The zero-order chi connectivity index (χ0) is 31.9. The monoisotopic (exact) mass is 615 g/mol. The van der Waals surface area contributed by atoms with E-state index in [1.165, 1.54) is 4.90 Å². The van der Waals surface area contributed by atoms with Crippen LogP contribution in [0.1, 0.15) is 78.3 Å². The Labute approximate surface area is 262 Å². The summed E-state index contributed by atoms with van der Waals surface area (Å²) >= 11 is 0. The number of benzene rings is 2. The summed E-state index contributed by atoms with van der Waals surface area (Å²) in [5, 5.41) is 24.0. The van der Waals surface area contributed by atoms with Crippen LogP contribution in [0.4, 0.5) is 10.5 Å². The number of carbonyl (C=O) groups is 3. The molecule has 13 nitrogen and oxygen atoms in total. The van der Waals surface area contributed by atoms with E-state index in [1.54, 1.807) is 23.1 Å². The Kier molecular flexibility index (Phi) is 8.21. The molecular formula is C32H41N9O4. The molecular weight excluding hydrogens is 574 g/mol. The number of hydrogen-bond acceptors (Lipinski definition) is 8. The number of piperidine rings is 2. The van der Waals surface area contributed by atoms with Gasteiger partial charge in [-0.2, -0.15) is 0 Å². The van der Waals surface area contributed by atoms with Gasteiger partial charge in [-0.3, -0.25) is 9.59 Å². The standard InChI is InChI=1S/C18H25N3O3.C14H16N6O/c1-18(2,3)15-9-13(6-7-20(15)17(23)24)21-10-11-8-12(19)4-5-14(11)16(21)22;21-14-13-2-1-12(20-9-16-17-18-20)7-10(13)8-19(14)11-3-5-15-6-4-11/h4-5,8,13,15H,6-7,9-10,19H2,1-3H3,(H,23,24);1-2,7,9,11,15H,3-6,8H2. The van der Waals surface area contributed by atoms with Crippen LogP contribution in [0.25, 0.3) is 5.69 Å². The molecule has 3 amide bonds. The van der Waals surface area contributed by atoms with Crippen LogP contribution < -0.4 is 11.1 Å². The molecule has 2 saturated heterocycles. The van der Waals surface area contributed by atoms with Crippen LogP contribution in [0.2, 0.25) is 0 Å². The molecule has 0 radical (unpaired) electrons. The van der Waals surface area contributed by atoms with Gasteiger partial charge in [0.2, 0.25) is 0 Å². The fraction of sp³-hybridized carbons (Fsp3) is 0.500. The van der Waals surface area contributed by atoms with Crippen LogP contribution in [0.5, 0.6) is 0 Å². The van der Waals surface area contributed by atoms with E-state index >= 15 is 0 Å². The molecule has 0 saturated carbocycles. The normalized spacial score (nSPS) is 21.8. The van der Waals surface area contributed by atoms with Crippen molar-refractivity contribution in [3.8, 4) is 5.69 Å². The Hall–Kier alpha value is -4.52. The fourth-order valence-corrected chi connectivity index (χ4v) is 7.10. The molecule has 13 heteroatoms. The molecule has 4 aliphatic rings. The number of rotatable bonds is 3. The third-order valence-electron chi connectivity index (χ3n) is 9.51. The third-order valence-corrected chi connectivity index (χ3v) is 9.51. The molecule has 2 fully saturated rings. The van der Waals surface area contributed by atoms with Crippen molar-refractivity contribution in [1.29, 1.82) is 0 Å². The van der Waals surface area contributed by atoms with Crippen molar-refractivity contribution in [2.75, 3.05) is 25.4 Å². The van der Waals surface area contributed by atoms with E-state index < -0.39 is 6.09 Å². The Bertz CT molecular complexity index is 1580. The SMILES string of the molecule is CC(C)(C)C1CC(N2Cc3cc(N)ccc3C2=O)CCN1C(=O)O.O=C1c2ccc(-n3cnnn3)cc2CN1C1CCNCC1. The molecule has 4 N–H and O–H groups in total. The molecule has 2 aromatic carbocycles. The van der Waals surface area contributed by atoms with E-state index in [0.29, 0.717) is 44.2 Å². The highest BCUT2D eigenvalue weighted by Crippen LogP contribution is 2.37. The van der Waals surface area contributed by atoms with Crippen LogP contribution in [-0.4, -0.2) is 95.7 Å². The van der Waals surface area contributed by atoms with Gasteiger partial charge in [-0.1, -0.05) is 20.8 Å². The number of tetrazole rings is 1. The predicted octanol–water partition coefficient (Wildman–Crippen LogP) is 3.15. The molecule has 45 heavy (non-hydrogen) atoms. The zero-order valence-corrected chi connectivity index (χ0v) is 26.0. The molecule has 0 bridgehead atoms. The van der Waals surface area contributed by atoms with Crippen molar-refractivity contribution < 1.29 is 19.5 Å². The number of carbonyl (C=O) groups excluding carboxylic acids is 2. The first-order valence-electron chi connectivity index (χ1n) is 15.6. The maximum Gasteiger partial charge on any atom is 0.407 e. The summed E-state index contributed by atoms with van der Waals surface area (Å²) < 4.78 is 1.61. The van der Waals surface area contributed by atoms with Crippen molar-refractivity contribution in [3.63, 3.8) is 0 Å². The van der Waals surface area contributed by atoms with Crippen LogP contribution in [-0.2, 0) is 13.1 Å². The Balaban J connectivity index is 0.000000160. The number of amides is 3. The van der Waals surface area contributed by atoms with E-state index in [2.05, 4.69) is 41.6 Å². The van der Waals surface area contributed by atoms with Crippen molar-refractivity contribution in [1.82, 2.24) is 40.2 Å². The molecule has 3 aromatic rings. The van der Waals surface area contributed by atoms with Crippen molar-refractivity contribution in [3.05, 3.63) is 65.0 Å². The van der Waals surface area contributed by atoms with Gasteiger partial charge in [0, 0.05) is 54.6 Å². The number of nitrogen functional groups attached to an aromatic ring is 1. The molecule has 5 heterocycles. The lowest BCUT2D eigenvalue weighted by Gasteiger charge is -2.46.